The molecule has 2 aromatic rings. The van der Waals surface area contributed by atoms with Crippen molar-refractivity contribution in [2.45, 2.75) is 32.2 Å². The standard InChI is InChI=1S/C19H21N5O3/c1-13-8-17(26-11-13)16-4-7-27-24(16)19(25)14-2-5-23(6-3-14)18-9-15(10-20)21-12-22-18/h8-9,11-12,14,16H,2-7H2,1H3/t16-/m0/s1. The van der Waals surface area contributed by atoms with Crippen molar-refractivity contribution in [3.8, 4) is 6.07 Å². The van der Waals surface area contributed by atoms with Crippen LogP contribution in [0, 0.1) is 24.2 Å². The highest BCUT2D eigenvalue weighted by atomic mass is 16.7. The van der Waals surface area contributed by atoms with Crippen LogP contribution in [0.2, 0.25) is 0 Å². The van der Waals surface area contributed by atoms with Gasteiger partial charge in [-0.15, -0.1) is 0 Å². The Balaban J connectivity index is 1.40. The molecular weight excluding hydrogens is 346 g/mol. The van der Waals surface area contributed by atoms with Gasteiger partial charge in [0.25, 0.3) is 0 Å². The summed E-state index contributed by atoms with van der Waals surface area (Å²) in [5.74, 6) is 1.44. The number of nitrogens with zero attached hydrogens (tertiary/aromatic N) is 5. The smallest absolute Gasteiger partial charge is 0.250 e. The first kappa shape index (κ1) is 17.5. The number of carbonyl (C=O) groups is 1. The second-order valence-electron chi connectivity index (χ2n) is 6.96. The Labute approximate surface area is 157 Å². The minimum Gasteiger partial charge on any atom is -0.467 e. The van der Waals surface area contributed by atoms with Crippen LogP contribution in [0.1, 0.15) is 42.3 Å². The molecule has 4 rings (SSSR count). The van der Waals surface area contributed by atoms with Crippen molar-refractivity contribution in [2.75, 3.05) is 24.6 Å². The summed E-state index contributed by atoms with van der Waals surface area (Å²) in [6.07, 6.45) is 5.28. The minimum atomic E-state index is -0.149. The van der Waals surface area contributed by atoms with Gasteiger partial charge < -0.3 is 9.32 Å². The first-order valence-corrected chi connectivity index (χ1v) is 9.14. The van der Waals surface area contributed by atoms with Crippen LogP contribution in [-0.4, -0.2) is 40.6 Å². The molecule has 4 heterocycles. The number of nitriles is 1. The molecule has 2 aliphatic rings. The molecule has 8 heteroatoms. The Kier molecular flexibility index (Phi) is 4.77. The average Bonchev–Trinajstić information content (AvgIpc) is 3.36. The summed E-state index contributed by atoms with van der Waals surface area (Å²) in [7, 11) is 0. The van der Waals surface area contributed by atoms with E-state index in [1.54, 1.807) is 12.3 Å². The predicted octanol–water partition coefficient (Wildman–Crippen LogP) is 2.37. The van der Waals surface area contributed by atoms with Crippen molar-refractivity contribution in [1.82, 2.24) is 15.0 Å². The van der Waals surface area contributed by atoms with Crippen LogP contribution in [0.15, 0.2) is 29.1 Å². The van der Waals surface area contributed by atoms with Gasteiger partial charge in [-0.2, -0.15) is 5.26 Å². The topological polar surface area (TPSA) is 95.5 Å². The molecular formula is C19H21N5O3. The second kappa shape index (κ2) is 7.37. The summed E-state index contributed by atoms with van der Waals surface area (Å²) < 4.78 is 5.59. The molecule has 2 aliphatic heterocycles. The highest BCUT2D eigenvalue weighted by molar-refractivity contribution is 5.78. The summed E-state index contributed by atoms with van der Waals surface area (Å²) in [5.41, 5.74) is 1.39. The maximum Gasteiger partial charge on any atom is 0.250 e. The lowest BCUT2D eigenvalue weighted by Crippen LogP contribution is -2.42. The van der Waals surface area contributed by atoms with E-state index < -0.39 is 0 Å². The molecule has 1 amide bonds. The number of hydrogen-bond donors (Lipinski definition) is 0. The Bertz CT molecular complexity index is 866. The van der Waals surface area contributed by atoms with Crippen LogP contribution >= 0.6 is 0 Å². The summed E-state index contributed by atoms with van der Waals surface area (Å²) in [4.78, 5) is 28.9. The quantitative estimate of drug-likeness (QED) is 0.822. The highest BCUT2D eigenvalue weighted by Crippen LogP contribution is 2.34. The van der Waals surface area contributed by atoms with Gasteiger partial charge in [0.1, 0.15) is 35.7 Å². The van der Waals surface area contributed by atoms with Crippen LogP contribution in [0.3, 0.4) is 0 Å². The molecule has 8 nitrogen and oxygen atoms in total. The Morgan fingerprint density at radius 1 is 1.26 bits per heavy atom. The second-order valence-corrected chi connectivity index (χ2v) is 6.96. The third kappa shape index (κ3) is 3.51. The fraction of sp³-hybridized carbons (Fsp3) is 0.474. The monoisotopic (exact) mass is 367 g/mol. The average molecular weight is 367 g/mol. The first-order valence-electron chi connectivity index (χ1n) is 9.14. The van der Waals surface area contributed by atoms with Crippen molar-refractivity contribution in [3.63, 3.8) is 0 Å². The lowest BCUT2D eigenvalue weighted by molar-refractivity contribution is -0.183. The molecule has 27 heavy (non-hydrogen) atoms. The maximum absolute atomic E-state index is 13.0. The molecule has 140 valence electrons. The third-order valence-electron chi connectivity index (χ3n) is 5.14. The van der Waals surface area contributed by atoms with Crippen molar-refractivity contribution in [1.29, 1.82) is 5.26 Å². The molecule has 0 bridgehead atoms. The van der Waals surface area contributed by atoms with Gasteiger partial charge in [-0.1, -0.05) is 0 Å². The summed E-state index contributed by atoms with van der Waals surface area (Å²) in [6.45, 7) is 3.90. The molecule has 2 saturated heterocycles. The van der Waals surface area contributed by atoms with E-state index in [0.717, 1.165) is 23.6 Å². The lowest BCUT2D eigenvalue weighted by atomic mass is 9.95. The number of anilines is 1. The zero-order chi connectivity index (χ0) is 18.8. The number of hydrogen-bond acceptors (Lipinski definition) is 7. The molecule has 0 aromatic carbocycles. The highest BCUT2D eigenvalue weighted by Gasteiger charge is 2.38. The maximum atomic E-state index is 13.0. The number of aryl methyl sites for hydroxylation is 1. The van der Waals surface area contributed by atoms with Crippen LogP contribution in [0.25, 0.3) is 0 Å². The van der Waals surface area contributed by atoms with Gasteiger partial charge in [-0.05, 0) is 31.4 Å². The van der Waals surface area contributed by atoms with Gasteiger partial charge in [-0.3, -0.25) is 9.63 Å². The van der Waals surface area contributed by atoms with Gasteiger partial charge in [0.2, 0.25) is 5.91 Å². The number of amides is 1. The van der Waals surface area contributed by atoms with E-state index in [-0.39, 0.29) is 17.9 Å². The van der Waals surface area contributed by atoms with Crippen LogP contribution in [0.5, 0.6) is 0 Å². The summed E-state index contributed by atoms with van der Waals surface area (Å²) >= 11 is 0. The SMILES string of the molecule is Cc1coc([C@@H]2CCON2C(=O)C2CCN(c3cc(C#N)ncn3)CC2)c1. The van der Waals surface area contributed by atoms with E-state index in [1.165, 1.54) is 11.4 Å². The van der Waals surface area contributed by atoms with E-state index in [9.17, 15) is 4.79 Å². The lowest BCUT2D eigenvalue weighted by Gasteiger charge is -2.34. The summed E-state index contributed by atoms with van der Waals surface area (Å²) in [5, 5.41) is 10.5. The van der Waals surface area contributed by atoms with Crippen molar-refractivity contribution in [2.24, 2.45) is 5.92 Å². The van der Waals surface area contributed by atoms with E-state index in [2.05, 4.69) is 14.9 Å². The number of rotatable bonds is 3. The largest absolute Gasteiger partial charge is 0.467 e. The minimum absolute atomic E-state index is 0.0200. The Morgan fingerprint density at radius 3 is 2.78 bits per heavy atom. The number of carbonyl (C=O) groups excluding carboxylic acids is 1. The molecule has 0 aliphatic carbocycles. The Hall–Kier alpha value is -2.92. The molecule has 2 fully saturated rings. The van der Waals surface area contributed by atoms with E-state index in [1.807, 2.05) is 19.1 Å². The van der Waals surface area contributed by atoms with Crippen molar-refractivity contribution in [3.05, 3.63) is 41.7 Å². The Morgan fingerprint density at radius 2 is 2.07 bits per heavy atom. The molecule has 0 saturated carbocycles. The van der Waals surface area contributed by atoms with E-state index in [4.69, 9.17) is 14.5 Å². The van der Waals surface area contributed by atoms with E-state index >= 15 is 0 Å². The number of furan rings is 1. The zero-order valence-corrected chi connectivity index (χ0v) is 15.2. The van der Waals surface area contributed by atoms with Crippen molar-refractivity contribution >= 4 is 11.7 Å². The number of hydroxylamine groups is 2. The van der Waals surface area contributed by atoms with Crippen LogP contribution in [-0.2, 0) is 9.63 Å². The molecule has 0 N–H and O–H groups in total. The van der Waals surface area contributed by atoms with Gasteiger partial charge in [0.15, 0.2) is 0 Å². The predicted molar refractivity (Wildman–Crippen MR) is 95.3 cm³/mol. The molecule has 0 radical (unpaired) electrons. The van der Waals surface area contributed by atoms with Crippen LogP contribution < -0.4 is 4.90 Å². The molecule has 1 atom stereocenters. The zero-order valence-electron chi connectivity index (χ0n) is 15.2. The molecule has 2 aromatic heterocycles. The van der Waals surface area contributed by atoms with Gasteiger partial charge >= 0.3 is 0 Å². The van der Waals surface area contributed by atoms with Crippen LogP contribution in [0.4, 0.5) is 5.82 Å². The number of piperidine rings is 1. The van der Waals surface area contributed by atoms with Gasteiger partial charge in [0.05, 0.1) is 12.9 Å². The molecule has 0 unspecified atom stereocenters. The fourth-order valence-electron chi connectivity index (χ4n) is 3.69. The number of aromatic nitrogens is 2. The van der Waals surface area contributed by atoms with E-state index in [0.29, 0.717) is 38.2 Å². The third-order valence-corrected chi connectivity index (χ3v) is 5.14. The normalized spacial score (nSPS) is 20.7. The fourth-order valence-corrected chi connectivity index (χ4v) is 3.69. The van der Waals surface area contributed by atoms with Crippen molar-refractivity contribution < 1.29 is 14.0 Å². The summed E-state index contributed by atoms with van der Waals surface area (Å²) in [6, 6.07) is 5.52. The van der Waals surface area contributed by atoms with Gasteiger partial charge in [-0.25, -0.2) is 15.0 Å². The van der Waals surface area contributed by atoms with Gasteiger partial charge in [0, 0.05) is 31.5 Å². The first-order chi connectivity index (χ1) is 13.2. The molecule has 0 spiro atoms.